The summed E-state index contributed by atoms with van der Waals surface area (Å²) < 4.78 is 224. The Bertz CT molecular complexity index is 955. The molecule has 0 aliphatic rings. The number of carbonyl (C=O) groups excluding carboxylic acids is 1. The summed E-state index contributed by atoms with van der Waals surface area (Å²) in [6.07, 6.45) is -7.84. The SMILES string of the molecule is O=C(Nc1cccc(Cl)c1)C(F)(F)C(F)(F)C(F)(F)C(F)(F)C(F)(F)C(F)(F)C(F)(F)C(F)(F)F. The van der Waals surface area contributed by atoms with E-state index in [9.17, 15) is 79.4 Å². The Labute approximate surface area is 186 Å². The van der Waals surface area contributed by atoms with E-state index < -0.39 is 64.3 Å². The molecule has 0 fully saturated rings. The summed E-state index contributed by atoms with van der Waals surface area (Å²) in [6.45, 7) is 0. The molecule has 0 aliphatic carbocycles. The zero-order valence-corrected chi connectivity index (χ0v) is 16.3. The first-order chi connectivity index (χ1) is 15.1. The van der Waals surface area contributed by atoms with E-state index in [1.807, 2.05) is 0 Å². The first-order valence-corrected chi connectivity index (χ1v) is 8.31. The van der Waals surface area contributed by atoms with Gasteiger partial charge in [0.15, 0.2) is 0 Å². The normalized spacial score (nSPS) is 15.3. The van der Waals surface area contributed by atoms with Crippen LogP contribution in [0.4, 0.5) is 80.3 Å². The van der Waals surface area contributed by atoms with Crippen molar-refractivity contribution in [3.05, 3.63) is 29.3 Å². The minimum atomic E-state index is -8.76. The fraction of sp³-hybridized carbons (Fsp3) is 0.533. The van der Waals surface area contributed by atoms with Gasteiger partial charge < -0.3 is 5.32 Å². The summed E-state index contributed by atoms with van der Waals surface area (Å²) in [7, 11) is 0. The minimum Gasteiger partial charge on any atom is -0.321 e. The number of alkyl halides is 17. The predicted molar refractivity (Wildman–Crippen MR) is 80.8 cm³/mol. The van der Waals surface area contributed by atoms with Crippen molar-refractivity contribution in [1.29, 1.82) is 0 Å². The highest BCUT2D eigenvalue weighted by molar-refractivity contribution is 6.30. The van der Waals surface area contributed by atoms with Crippen molar-refractivity contribution in [3.63, 3.8) is 0 Å². The van der Waals surface area contributed by atoms with Crippen molar-refractivity contribution < 1.29 is 79.4 Å². The van der Waals surface area contributed by atoms with Gasteiger partial charge in [-0.25, -0.2) is 0 Å². The third kappa shape index (κ3) is 4.32. The second-order valence-corrected chi connectivity index (χ2v) is 6.92. The Morgan fingerprint density at radius 3 is 1.34 bits per heavy atom. The first-order valence-electron chi connectivity index (χ1n) is 7.93. The molecular weight excluding hydrogens is 569 g/mol. The summed E-state index contributed by atoms with van der Waals surface area (Å²) in [5, 5.41) is 0.301. The van der Waals surface area contributed by atoms with Crippen LogP contribution in [-0.4, -0.2) is 53.5 Å². The van der Waals surface area contributed by atoms with Crippen LogP contribution in [0.3, 0.4) is 0 Å². The number of carbonyl (C=O) groups is 1. The molecule has 0 aromatic heterocycles. The molecule has 1 rings (SSSR count). The number of rotatable bonds is 8. The van der Waals surface area contributed by atoms with Crippen molar-refractivity contribution >= 4 is 23.2 Å². The first kappa shape index (κ1) is 30.8. The number of nitrogens with one attached hydrogen (secondary N) is 1. The number of benzene rings is 1. The molecule has 202 valence electrons. The molecule has 0 spiro atoms. The van der Waals surface area contributed by atoms with Crippen LogP contribution < -0.4 is 5.32 Å². The van der Waals surface area contributed by atoms with Crippen molar-refractivity contribution in [2.45, 2.75) is 47.6 Å². The molecule has 1 aromatic carbocycles. The molecule has 0 heterocycles. The molecule has 0 bridgehead atoms. The van der Waals surface area contributed by atoms with E-state index in [0.29, 0.717) is 12.1 Å². The lowest BCUT2D eigenvalue weighted by Gasteiger charge is -2.42. The molecule has 0 atom stereocenters. The number of hydrogen-bond donors (Lipinski definition) is 1. The van der Waals surface area contributed by atoms with E-state index in [-0.39, 0.29) is 0 Å². The highest BCUT2D eigenvalue weighted by Gasteiger charge is 2.95. The van der Waals surface area contributed by atoms with E-state index in [1.165, 1.54) is 0 Å². The predicted octanol–water partition coefficient (Wildman–Crippen LogP) is 7.29. The van der Waals surface area contributed by atoms with Crippen molar-refractivity contribution in [2.24, 2.45) is 0 Å². The van der Waals surface area contributed by atoms with Gasteiger partial charge in [-0.05, 0) is 18.2 Å². The monoisotopic (exact) mass is 573 g/mol. The summed E-state index contributed by atoms with van der Waals surface area (Å²) in [6, 6.07) is 2.84. The Hall–Kier alpha value is -2.21. The van der Waals surface area contributed by atoms with Gasteiger partial charge >= 0.3 is 53.5 Å². The maximum atomic E-state index is 13.7. The van der Waals surface area contributed by atoms with E-state index in [2.05, 4.69) is 0 Å². The number of amides is 1. The van der Waals surface area contributed by atoms with Crippen LogP contribution in [0, 0.1) is 0 Å². The average Bonchev–Trinajstić information content (AvgIpc) is 2.66. The van der Waals surface area contributed by atoms with Gasteiger partial charge in [0.2, 0.25) is 0 Å². The second kappa shape index (κ2) is 8.43. The summed E-state index contributed by atoms with van der Waals surface area (Å²) in [4.78, 5) is 11.3. The summed E-state index contributed by atoms with van der Waals surface area (Å²) in [5.74, 6) is -61.9. The van der Waals surface area contributed by atoms with Crippen LogP contribution in [-0.2, 0) is 4.79 Å². The zero-order chi connectivity index (χ0) is 28.3. The Morgan fingerprint density at radius 1 is 0.600 bits per heavy atom. The van der Waals surface area contributed by atoms with Crippen molar-refractivity contribution in [1.82, 2.24) is 0 Å². The molecule has 1 aromatic rings. The molecule has 0 unspecified atom stereocenters. The Balaban J connectivity index is 3.58. The van der Waals surface area contributed by atoms with Gasteiger partial charge in [0.1, 0.15) is 0 Å². The topological polar surface area (TPSA) is 29.1 Å². The van der Waals surface area contributed by atoms with Crippen LogP contribution in [0.5, 0.6) is 0 Å². The van der Waals surface area contributed by atoms with Crippen molar-refractivity contribution in [3.8, 4) is 0 Å². The maximum absolute atomic E-state index is 13.7. The number of anilines is 1. The van der Waals surface area contributed by atoms with Crippen LogP contribution in [0.1, 0.15) is 0 Å². The highest BCUT2D eigenvalue weighted by Crippen LogP contribution is 2.64. The second-order valence-electron chi connectivity index (χ2n) is 6.48. The molecule has 0 saturated heterocycles. The molecule has 1 N–H and O–H groups in total. The lowest BCUT2D eigenvalue weighted by molar-refractivity contribution is -0.459. The Kier molecular flexibility index (Phi) is 7.42. The summed E-state index contributed by atoms with van der Waals surface area (Å²) in [5.41, 5.74) is -1.00. The van der Waals surface area contributed by atoms with Gasteiger partial charge in [-0.3, -0.25) is 4.79 Å². The smallest absolute Gasteiger partial charge is 0.321 e. The molecule has 0 aliphatic heterocycles. The third-order valence-corrected chi connectivity index (χ3v) is 4.32. The molecule has 0 radical (unpaired) electrons. The van der Waals surface area contributed by atoms with Crippen LogP contribution in [0.25, 0.3) is 0 Å². The maximum Gasteiger partial charge on any atom is 0.460 e. The fourth-order valence-corrected chi connectivity index (χ4v) is 2.27. The molecule has 20 heteroatoms. The van der Waals surface area contributed by atoms with Crippen LogP contribution in [0.15, 0.2) is 24.3 Å². The zero-order valence-electron chi connectivity index (χ0n) is 15.5. The standard InChI is InChI=1S/C15H5ClF17NO/c16-5-2-1-3-6(4-5)34-7(35)8(17,18)9(19,20)10(21,22)11(23,24)12(25,26)13(27,28)14(29,30)15(31,32)33/h1-4H,(H,34,35). The van der Waals surface area contributed by atoms with Crippen LogP contribution in [0.2, 0.25) is 5.02 Å². The molecule has 35 heavy (non-hydrogen) atoms. The molecular formula is C15H5ClF17NO. The minimum absolute atomic E-state index is 0.429. The fourth-order valence-electron chi connectivity index (χ4n) is 2.08. The van der Waals surface area contributed by atoms with E-state index >= 15 is 0 Å². The molecule has 1 amide bonds. The third-order valence-electron chi connectivity index (χ3n) is 4.09. The van der Waals surface area contributed by atoms with Gasteiger partial charge in [0, 0.05) is 10.7 Å². The average molecular weight is 574 g/mol. The van der Waals surface area contributed by atoms with E-state index in [1.54, 1.807) is 0 Å². The molecule has 2 nitrogen and oxygen atoms in total. The summed E-state index contributed by atoms with van der Waals surface area (Å²) >= 11 is 5.32. The Morgan fingerprint density at radius 2 is 0.971 bits per heavy atom. The lowest BCUT2D eigenvalue weighted by Crippen LogP contribution is -2.75. The van der Waals surface area contributed by atoms with Gasteiger partial charge in [-0.1, -0.05) is 17.7 Å². The molecule has 0 saturated carbocycles. The van der Waals surface area contributed by atoms with Crippen LogP contribution >= 0.6 is 11.6 Å². The van der Waals surface area contributed by atoms with E-state index in [0.717, 1.165) is 17.4 Å². The van der Waals surface area contributed by atoms with Gasteiger partial charge in [-0.2, -0.15) is 74.6 Å². The van der Waals surface area contributed by atoms with Crippen molar-refractivity contribution in [2.75, 3.05) is 5.32 Å². The van der Waals surface area contributed by atoms with Gasteiger partial charge in [0.25, 0.3) is 0 Å². The van der Waals surface area contributed by atoms with Gasteiger partial charge in [-0.15, -0.1) is 0 Å². The van der Waals surface area contributed by atoms with E-state index in [4.69, 9.17) is 11.6 Å². The number of hydrogen-bond acceptors (Lipinski definition) is 1. The lowest BCUT2D eigenvalue weighted by atomic mass is 9.89. The highest BCUT2D eigenvalue weighted by atomic mass is 35.5. The largest absolute Gasteiger partial charge is 0.460 e. The number of halogens is 18. The quantitative estimate of drug-likeness (QED) is 0.325. The van der Waals surface area contributed by atoms with Gasteiger partial charge in [0.05, 0.1) is 0 Å².